The van der Waals surface area contributed by atoms with Crippen molar-refractivity contribution in [3.8, 4) is 11.3 Å². The van der Waals surface area contributed by atoms with E-state index >= 15 is 0 Å². The Morgan fingerprint density at radius 2 is 1.95 bits per heavy atom. The van der Waals surface area contributed by atoms with Crippen LogP contribution in [-0.2, 0) is 16.8 Å². The highest BCUT2D eigenvalue weighted by molar-refractivity contribution is 7.78. The molecular weight excluding hydrogens is 268 g/mol. The number of rotatable bonds is 4. The molecule has 2 aromatic rings. The topological polar surface area (TPSA) is 100 Å². The Hall–Kier alpha value is -2.12. The number of carboxylic acids is 1. The highest BCUT2D eigenvalue weighted by Gasteiger charge is 2.15. The molecule has 0 aliphatic heterocycles. The van der Waals surface area contributed by atoms with E-state index in [-0.39, 0.29) is 22.8 Å². The standard InChI is InChI=1S/C12H10N2O4S/c15-12(16)9-6-13-10(7-19(17)18)14-11(9)8-4-2-1-3-5-8/h1-6H,7H2,(H,15,16)(H,17,18). The fourth-order valence-electron chi connectivity index (χ4n) is 1.57. The molecule has 1 aromatic carbocycles. The molecule has 98 valence electrons. The van der Waals surface area contributed by atoms with E-state index in [4.69, 9.17) is 9.66 Å². The van der Waals surface area contributed by atoms with Gasteiger partial charge in [-0.15, -0.1) is 0 Å². The SMILES string of the molecule is O=C(O)c1cnc(CS(=O)O)nc1-c1ccccc1. The number of aromatic carboxylic acids is 1. The van der Waals surface area contributed by atoms with E-state index in [2.05, 4.69) is 9.97 Å². The van der Waals surface area contributed by atoms with Crippen LogP contribution < -0.4 is 0 Å². The van der Waals surface area contributed by atoms with Crippen LogP contribution in [0.5, 0.6) is 0 Å². The van der Waals surface area contributed by atoms with Gasteiger partial charge in [0.05, 0.1) is 5.69 Å². The third-order valence-corrected chi connectivity index (χ3v) is 2.87. The number of carbonyl (C=O) groups is 1. The molecule has 1 atom stereocenters. The summed E-state index contributed by atoms with van der Waals surface area (Å²) >= 11 is -2.07. The lowest BCUT2D eigenvalue weighted by molar-refractivity contribution is 0.0697. The predicted octanol–water partition coefficient (Wildman–Crippen LogP) is 1.56. The van der Waals surface area contributed by atoms with Gasteiger partial charge in [-0.2, -0.15) is 0 Å². The van der Waals surface area contributed by atoms with Crippen molar-refractivity contribution in [1.82, 2.24) is 9.97 Å². The smallest absolute Gasteiger partial charge is 0.339 e. The van der Waals surface area contributed by atoms with Gasteiger partial charge in [-0.25, -0.2) is 19.0 Å². The number of benzene rings is 1. The van der Waals surface area contributed by atoms with Crippen LogP contribution in [-0.4, -0.2) is 29.8 Å². The largest absolute Gasteiger partial charge is 0.478 e. The Morgan fingerprint density at radius 1 is 1.26 bits per heavy atom. The molecule has 0 radical (unpaired) electrons. The van der Waals surface area contributed by atoms with E-state index in [1.54, 1.807) is 30.3 Å². The number of nitrogens with zero attached hydrogens (tertiary/aromatic N) is 2. The summed E-state index contributed by atoms with van der Waals surface area (Å²) in [6.07, 6.45) is 1.15. The van der Waals surface area contributed by atoms with Crippen molar-refractivity contribution in [2.45, 2.75) is 5.75 Å². The molecular formula is C12H10N2O4S. The number of carboxylic acid groups (broad SMARTS) is 1. The van der Waals surface area contributed by atoms with Crippen molar-refractivity contribution in [3.05, 3.63) is 47.9 Å². The number of hydrogen-bond acceptors (Lipinski definition) is 4. The van der Waals surface area contributed by atoms with Gasteiger partial charge in [-0.05, 0) is 0 Å². The van der Waals surface area contributed by atoms with E-state index in [9.17, 15) is 9.00 Å². The van der Waals surface area contributed by atoms with Crippen molar-refractivity contribution in [2.75, 3.05) is 0 Å². The van der Waals surface area contributed by atoms with Gasteiger partial charge in [0.25, 0.3) is 0 Å². The van der Waals surface area contributed by atoms with E-state index in [0.717, 1.165) is 6.20 Å². The molecule has 7 heteroatoms. The lowest BCUT2D eigenvalue weighted by Crippen LogP contribution is -2.07. The number of aromatic nitrogens is 2. The molecule has 0 bridgehead atoms. The highest BCUT2D eigenvalue weighted by atomic mass is 32.2. The Balaban J connectivity index is 2.54. The van der Waals surface area contributed by atoms with Crippen LogP contribution >= 0.6 is 0 Å². The lowest BCUT2D eigenvalue weighted by Gasteiger charge is -2.06. The Morgan fingerprint density at radius 3 is 2.53 bits per heavy atom. The number of hydrogen-bond donors (Lipinski definition) is 2. The molecule has 0 aliphatic rings. The molecule has 0 saturated heterocycles. The molecule has 1 heterocycles. The first-order valence-corrected chi connectivity index (χ1v) is 6.57. The Labute approximate surface area is 111 Å². The zero-order valence-corrected chi connectivity index (χ0v) is 10.5. The van der Waals surface area contributed by atoms with Crippen LogP contribution in [0.3, 0.4) is 0 Å². The normalized spacial score (nSPS) is 12.1. The van der Waals surface area contributed by atoms with Gasteiger partial charge < -0.3 is 9.66 Å². The summed E-state index contributed by atoms with van der Waals surface area (Å²) in [7, 11) is 0. The molecule has 2 rings (SSSR count). The first-order chi connectivity index (χ1) is 9.08. The van der Waals surface area contributed by atoms with Crippen LogP contribution in [0.25, 0.3) is 11.3 Å². The molecule has 0 saturated carbocycles. The fraction of sp³-hybridized carbons (Fsp3) is 0.0833. The molecule has 0 amide bonds. The molecule has 0 fully saturated rings. The molecule has 0 spiro atoms. The second-order valence-corrected chi connectivity index (χ2v) is 4.62. The molecule has 0 aliphatic carbocycles. The molecule has 2 N–H and O–H groups in total. The summed E-state index contributed by atoms with van der Waals surface area (Å²) in [5.41, 5.74) is 0.814. The zero-order chi connectivity index (χ0) is 13.8. The van der Waals surface area contributed by atoms with Gasteiger partial charge in [-0.3, -0.25) is 0 Å². The van der Waals surface area contributed by atoms with Gasteiger partial charge in [0.15, 0.2) is 11.1 Å². The second-order valence-electron chi connectivity index (χ2n) is 3.69. The van der Waals surface area contributed by atoms with Gasteiger partial charge >= 0.3 is 5.97 Å². The molecule has 1 unspecified atom stereocenters. The first kappa shape index (κ1) is 13.3. The van der Waals surface area contributed by atoms with Crippen LogP contribution in [0, 0.1) is 0 Å². The van der Waals surface area contributed by atoms with Gasteiger partial charge in [0, 0.05) is 11.8 Å². The summed E-state index contributed by atoms with van der Waals surface area (Å²) in [6.45, 7) is 0. The Bertz CT molecular complexity index is 631. The predicted molar refractivity (Wildman–Crippen MR) is 68.9 cm³/mol. The van der Waals surface area contributed by atoms with Crippen LogP contribution in [0.2, 0.25) is 0 Å². The van der Waals surface area contributed by atoms with E-state index in [1.165, 1.54) is 0 Å². The van der Waals surface area contributed by atoms with Crippen molar-refractivity contribution in [1.29, 1.82) is 0 Å². The molecule has 19 heavy (non-hydrogen) atoms. The maximum absolute atomic E-state index is 11.1. The average Bonchev–Trinajstić information content (AvgIpc) is 2.38. The summed E-state index contributed by atoms with van der Waals surface area (Å²) in [4.78, 5) is 19.0. The average molecular weight is 278 g/mol. The van der Waals surface area contributed by atoms with Crippen LogP contribution in [0.4, 0.5) is 0 Å². The maximum Gasteiger partial charge on any atom is 0.339 e. The minimum atomic E-state index is -2.07. The lowest BCUT2D eigenvalue weighted by atomic mass is 10.1. The molecule has 1 aromatic heterocycles. The zero-order valence-electron chi connectivity index (χ0n) is 9.68. The van der Waals surface area contributed by atoms with E-state index in [0.29, 0.717) is 5.56 Å². The summed E-state index contributed by atoms with van der Waals surface area (Å²) in [6, 6.07) is 8.75. The highest BCUT2D eigenvalue weighted by Crippen LogP contribution is 2.21. The van der Waals surface area contributed by atoms with Crippen molar-refractivity contribution < 1.29 is 18.7 Å². The van der Waals surface area contributed by atoms with Crippen molar-refractivity contribution in [2.24, 2.45) is 0 Å². The summed E-state index contributed by atoms with van der Waals surface area (Å²) < 4.78 is 19.6. The fourth-order valence-corrected chi connectivity index (χ4v) is 1.93. The van der Waals surface area contributed by atoms with E-state index in [1.807, 2.05) is 0 Å². The monoisotopic (exact) mass is 278 g/mol. The second kappa shape index (κ2) is 5.68. The van der Waals surface area contributed by atoms with Gasteiger partial charge in [-0.1, -0.05) is 30.3 Å². The van der Waals surface area contributed by atoms with Crippen molar-refractivity contribution >= 4 is 17.0 Å². The van der Waals surface area contributed by atoms with Crippen molar-refractivity contribution in [3.63, 3.8) is 0 Å². The minimum absolute atomic E-state index is 0.0429. The van der Waals surface area contributed by atoms with Crippen LogP contribution in [0.1, 0.15) is 16.2 Å². The maximum atomic E-state index is 11.1. The van der Waals surface area contributed by atoms with Gasteiger partial charge in [0.1, 0.15) is 17.1 Å². The Kier molecular flexibility index (Phi) is 3.98. The van der Waals surface area contributed by atoms with Crippen LogP contribution in [0.15, 0.2) is 36.5 Å². The van der Waals surface area contributed by atoms with Gasteiger partial charge in [0.2, 0.25) is 0 Å². The first-order valence-electron chi connectivity index (χ1n) is 5.30. The quantitative estimate of drug-likeness (QED) is 0.823. The van der Waals surface area contributed by atoms with E-state index < -0.39 is 17.0 Å². The third-order valence-electron chi connectivity index (χ3n) is 2.37. The minimum Gasteiger partial charge on any atom is -0.478 e. The summed E-state index contributed by atoms with van der Waals surface area (Å²) in [5.74, 6) is -1.25. The molecule has 6 nitrogen and oxygen atoms in total. The third kappa shape index (κ3) is 3.21. The summed E-state index contributed by atoms with van der Waals surface area (Å²) in [5, 5.41) is 9.11.